The minimum absolute atomic E-state index is 0.0123. The minimum Gasteiger partial charge on any atom is -0.394 e. The summed E-state index contributed by atoms with van der Waals surface area (Å²) in [6.45, 7) is 1.95. The predicted octanol–water partition coefficient (Wildman–Crippen LogP) is 1.37. The van der Waals surface area contributed by atoms with E-state index in [-0.39, 0.29) is 25.4 Å². The van der Waals surface area contributed by atoms with Gasteiger partial charge in [0.1, 0.15) is 0 Å². The van der Waals surface area contributed by atoms with Gasteiger partial charge < -0.3 is 24.4 Å². The standard InChI is InChI=1S/C17H26O5/c18-6-8-21-16-10-15(11-17(16)22-9-7-19)13-20-12-14-4-2-1-3-5-14/h1-5,15-19H,6-13H2. The quantitative estimate of drug-likeness (QED) is 0.683. The van der Waals surface area contributed by atoms with Gasteiger partial charge in [0.05, 0.1) is 51.8 Å². The lowest BCUT2D eigenvalue weighted by Crippen LogP contribution is -2.28. The summed E-state index contributed by atoms with van der Waals surface area (Å²) in [6, 6.07) is 10.1. The molecule has 0 aliphatic heterocycles. The van der Waals surface area contributed by atoms with Crippen LogP contribution in [0, 0.1) is 5.92 Å². The lowest BCUT2D eigenvalue weighted by Gasteiger charge is -2.19. The summed E-state index contributed by atoms with van der Waals surface area (Å²) in [5.74, 6) is 0.385. The summed E-state index contributed by atoms with van der Waals surface area (Å²) >= 11 is 0. The van der Waals surface area contributed by atoms with Gasteiger partial charge in [0.2, 0.25) is 0 Å². The molecular formula is C17H26O5. The summed E-state index contributed by atoms with van der Waals surface area (Å²) in [5, 5.41) is 17.8. The van der Waals surface area contributed by atoms with Crippen molar-refractivity contribution in [1.29, 1.82) is 0 Å². The van der Waals surface area contributed by atoms with Crippen LogP contribution in [-0.4, -0.2) is 55.5 Å². The van der Waals surface area contributed by atoms with Crippen molar-refractivity contribution in [2.75, 3.05) is 33.0 Å². The van der Waals surface area contributed by atoms with E-state index in [0.29, 0.717) is 32.3 Å². The van der Waals surface area contributed by atoms with Crippen molar-refractivity contribution in [2.45, 2.75) is 31.7 Å². The van der Waals surface area contributed by atoms with E-state index in [9.17, 15) is 0 Å². The molecule has 1 saturated carbocycles. The van der Waals surface area contributed by atoms with E-state index in [1.807, 2.05) is 18.2 Å². The van der Waals surface area contributed by atoms with Crippen LogP contribution < -0.4 is 0 Å². The van der Waals surface area contributed by atoms with E-state index in [0.717, 1.165) is 12.8 Å². The van der Waals surface area contributed by atoms with Gasteiger partial charge in [-0.1, -0.05) is 30.3 Å². The van der Waals surface area contributed by atoms with Gasteiger partial charge in [0.25, 0.3) is 0 Å². The molecule has 0 bridgehead atoms. The molecule has 2 rings (SSSR count). The summed E-state index contributed by atoms with van der Waals surface area (Å²) in [6.07, 6.45) is 1.68. The number of rotatable bonds is 10. The number of ether oxygens (including phenoxy) is 3. The van der Waals surface area contributed by atoms with Crippen molar-refractivity contribution < 1.29 is 24.4 Å². The second-order valence-corrected chi connectivity index (χ2v) is 5.60. The minimum atomic E-state index is -0.0241. The number of hydrogen-bond donors (Lipinski definition) is 2. The maximum Gasteiger partial charge on any atom is 0.0841 e. The number of aliphatic hydroxyl groups is 2. The van der Waals surface area contributed by atoms with Crippen LogP contribution in [-0.2, 0) is 20.8 Å². The van der Waals surface area contributed by atoms with Gasteiger partial charge in [0.15, 0.2) is 0 Å². The molecule has 0 radical (unpaired) electrons. The van der Waals surface area contributed by atoms with Crippen LogP contribution in [0.4, 0.5) is 0 Å². The van der Waals surface area contributed by atoms with Crippen LogP contribution in [0.3, 0.4) is 0 Å². The van der Waals surface area contributed by atoms with Gasteiger partial charge in [-0.25, -0.2) is 0 Å². The SMILES string of the molecule is OCCOC1CC(COCc2ccccc2)CC1OCCO. The smallest absolute Gasteiger partial charge is 0.0841 e. The monoisotopic (exact) mass is 310 g/mol. The van der Waals surface area contributed by atoms with Crippen LogP contribution in [0.1, 0.15) is 18.4 Å². The van der Waals surface area contributed by atoms with Gasteiger partial charge in [-0.2, -0.15) is 0 Å². The van der Waals surface area contributed by atoms with E-state index in [1.54, 1.807) is 0 Å². The van der Waals surface area contributed by atoms with Gasteiger partial charge in [-0.3, -0.25) is 0 Å². The Balaban J connectivity index is 1.74. The zero-order valence-electron chi connectivity index (χ0n) is 12.9. The molecule has 2 N–H and O–H groups in total. The fourth-order valence-electron chi connectivity index (χ4n) is 2.87. The second kappa shape index (κ2) is 9.92. The molecule has 0 saturated heterocycles. The molecule has 5 heteroatoms. The first-order valence-electron chi connectivity index (χ1n) is 7.90. The van der Waals surface area contributed by atoms with Crippen molar-refractivity contribution in [2.24, 2.45) is 5.92 Å². The molecule has 1 fully saturated rings. The topological polar surface area (TPSA) is 68.2 Å². The Morgan fingerprint density at radius 3 is 2.05 bits per heavy atom. The molecule has 1 aromatic rings. The Morgan fingerprint density at radius 2 is 1.50 bits per heavy atom. The molecule has 0 spiro atoms. The van der Waals surface area contributed by atoms with Crippen molar-refractivity contribution in [3.8, 4) is 0 Å². The zero-order chi connectivity index (χ0) is 15.6. The van der Waals surface area contributed by atoms with Crippen molar-refractivity contribution >= 4 is 0 Å². The van der Waals surface area contributed by atoms with Gasteiger partial charge >= 0.3 is 0 Å². The Hall–Kier alpha value is -0.980. The molecule has 5 nitrogen and oxygen atoms in total. The molecule has 1 aliphatic carbocycles. The summed E-state index contributed by atoms with van der Waals surface area (Å²) in [7, 11) is 0. The normalized spacial score (nSPS) is 24.7. The largest absolute Gasteiger partial charge is 0.394 e. The number of benzene rings is 1. The summed E-state index contributed by atoms with van der Waals surface area (Å²) in [5.41, 5.74) is 1.17. The fourth-order valence-corrected chi connectivity index (χ4v) is 2.87. The van der Waals surface area contributed by atoms with Gasteiger partial charge in [-0.05, 0) is 24.3 Å². The van der Waals surface area contributed by atoms with Gasteiger partial charge in [0, 0.05) is 0 Å². The van der Waals surface area contributed by atoms with Crippen LogP contribution in [0.5, 0.6) is 0 Å². The molecular weight excluding hydrogens is 284 g/mol. The molecule has 2 unspecified atom stereocenters. The van der Waals surface area contributed by atoms with Crippen LogP contribution in [0.25, 0.3) is 0 Å². The Bertz CT molecular complexity index is 381. The molecule has 1 aliphatic rings. The molecule has 1 aromatic carbocycles. The van der Waals surface area contributed by atoms with Crippen LogP contribution in [0.15, 0.2) is 30.3 Å². The molecule has 0 amide bonds. The van der Waals surface area contributed by atoms with Crippen LogP contribution >= 0.6 is 0 Å². The Labute approximate surface area is 131 Å². The van der Waals surface area contributed by atoms with Crippen molar-refractivity contribution in [3.63, 3.8) is 0 Å². The highest BCUT2D eigenvalue weighted by Gasteiger charge is 2.35. The van der Waals surface area contributed by atoms with E-state index < -0.39 is 0 Å². The molecule has 22 heavy (non-hydrogen) atoms. The van der Waals surface area contributed by atoms with E-state index in [1.165, 1.54) is 5.56 Å². The second-order valence-electron chi connectivity index (χ2n) is 5.60. The first kappa shape index (κ1) is 17.4. The number of aliphatic hydroxyl groups excluding tert-OH is 2. The molecule has 0 heterocycles. The zero-order valence-corrected chi connectivity index (χ0v) is 12.9. The third kappa shape index (κ3) is 5.66. The van der Waals surface area contributed by atoms with Crippen LogP contribution in [0.2, 0.25) is 0 Å². The average molecular weight is 310 g/mol. The highest BCUT2D eigenvalue weighted by Crippen LogP contribution is 2.31. The fraction of sp³-hybridized carbons (Fsp3) is 0.647. The lowest BCUT2D eigenvalue weighted by atomic mass is 10.1. The Kier molecular flexibility index (Phi) is 7.83. The maximum atomic E-state index is 8.89. The van der Waals surface area contributed by atoms with Crippen molar-refractivity contribution in [1.82, 2.24) is 0 Å². The van der Waals surface area contributed by atoms with E-state index in [2.05, 4.69) is 12.1 Å². The molecule has 124 valence electrons. The summed E-state index contributed by atoms with van der Waals surface area (Å²) < 4.78 is 17.1. The first-order valence-corrected chi connectivity index (χ1v) is 7.90. The van der Waals surface area contributed by atoms with Crippen molar-refractivity contribution in [3.05, 3.63) is 35.9 Å². The molecule has 0 aromatic heterocycles. The summed E-state index contributed by atoms with van der Waals surface area (Å²) in [4.78, 5) is 0. The highest BCUT2D eigenvalue weighted by molar-refractivity contribution is 5.13. The third-order valence-corrected chi connectivity index (χ3v) is 3.86. The third-order valence-electron chi connectivity index (χ3n) is 3.86. The molecule has 2 atom stereocenters. The lowest BCUT2D eigenvalue weighted by molar-refractivity contribution is -0.0693. The van der Waals surface area contributed by atoms with Gasteiger partial charge in [-0.15, -0.1) is 0 Å². The Morgan fingerprint density at radius 1 is 0.909 bits per heavy atom. The average Bonchev–Trinajstić information content (AvgIpc) is 2.94. The first-order chi connectivity index (χ1) is 10.8. The predicted molar refractivity (Wildman–Crippen MR) is 82.5 cm³/mol. The van der Waals surface area contributed by atoms with E-state index in [4.69, 9.17) is 24.4 Å². The van der Waals surface area contributed by atoms with E-state index >= 15 is 0 Å². The highest BCUT2D eigenvalue weighted by atomic mass is 16.5. The number of hydrogen-bond acceptors (Lipinski definition) is 5. The maximum absolute atomic E-state index is 8.89.